The van der Waals surface area contributed by atoms with Gasteiger partial charge in [0.15, 0.2) is 0 Å². The number of unbranched alkanes of at least 4 members (excludes halogenated alkanes) is 1. The summed E-state index contributed by atoms with van der Waals surface area (Å²) in [6.45, 7) is 3.59. The Bertz CT molecular complexity index is 732. The molecule has 0 heterocycles. The highest BCUT2D eigenvalue weighted by atomic mass is 79.9. The first kappa shape index (κ1) is 20.1. The van der Waals surface area contributed by atoms with Crippen LogP contribution in [-0.2, 0) is 4.74 Å². The number of hydrogen-bond donors (Lipinski definition) is 0. The molecule has 0 saturated heterocycles. The molecule has 2 rings (SSSR count). The van der Waals surface area contributed by atoms with Crippen molar-refractivity contribution in [2.24, 2.45) is 0 Å². The van der Waals surface area contributed by atoms with Crippen LogP contribution >= 0.6 is 15.9 Å². The number of nitro groups is 1. The zero-order valence-electron chi connectivity index (χ0n) is 14.6. The Morgan fingerprint density at radius 1 is 1.12 bits per heavy atom. The predicted molar refractivity (Wildman–Crippen MR) is 105 cm³/mol. The van der Waals surface area contributed by atoms with Gasteiger partial charge in [0.1, 0.15) is 0 Å². The zero-order chi connectivity index (χ0) is 18.9. The number of rotatable bonds is 9. The lowest BCUT2D eigenvalue weighted by Gasteiger charge is -2.23. The lowest BCUT2D eigenvalue weighted by atomic mass is 10.1. The molecule has 26 heavy (non-hydrogen) atoms. The van der Waals surface area contributed by atoms with Crippen LogP contribution < -0.4 is 4.90 Å². The number of ether oxygens (including phenoxy) is 1. The summed E-state index contributed by atoms with van der Waals surface area (Å²) in [4.78, 5) is 24.8. The van der Waals surface area contributed by atoms with Gasteiger partial charge in [0.2, 0.25) is 0 Å². The third kappa shape index (κ3) is 5.64. The Morgan fingerprint density at radius 3 is 2.35 bits per heavy atom. The van der Waals surface area contributed by atoms with Crippen molar-refractivity contribution in [1.82, 2.24) is 0 Å². The van der Waals surface area contributed by atoms with Crippen LogP contribution in [0.25, 0.3) is 0 Å². The first-order valence-corrected chi connectivity index (χ1v) is 9.22. The van der Waals surface area contributed by atoms with Crippen molar-refractivity contribution < 1.29 is 14.5 Å². The predicted octanol–water partition coefficient (Wildman–Crippen LogP) is 4.82. The molecule has 138 valence electrons. The molecule has 2 aromatic rings. The molecule has 6 nitrogen and oxygen atoms in total. The molecule has 7 heteroatoms. The molecule has 0 N–H and O–H groups in total. The van der Waals surface area contributed by atoms with Gasteiger partial charge >= 0.3 is 0 Å². The summed E-state index contributed by atoms with van der Waals surface area (Å²) in [6, 6.07) is 13.1. The molecule has 0 fully saturated rings. The van der Waals surface area contributed by atoms with Crippen molar-refractivity contribution in [2.45, 2.75) is 19.8 Å². The minimum absolute atomic E-state index is 0.0420. The van der Waals surface area contributed by atoms with E-state index < -0.39 is 4.92 Å². The van der Waals surface area contributed by atoms with Gasteiger partial charge in [-0.25, -0.2) is 0 Å². The normalized spacial score (nSPS) is 10.5. The fourth-order valence-corrected chi connectivity index (χ4v) is 2.62. The monoisotopic (exact) mass is 420 g/mol. The van der Waals surface area contributed by atoms with Crippen molar-refractivity contribution >= 4 is 33.2 Å². The van der Waals surface area contributed by atoms with Crippen LogP contribution in [0.4, 0.5) is 11.4 Å². The molecule has 0 atom stereocenters. The van der Waals surface area contributed by atoms with Gasteiger partial charge in [-0.2, -0.15) is 0 Å². The summed E-state index contributed by atoms with van der Waals surface area (Å²) in [5, 5.41) is 10.8. The first-order valence-electron chi connectivity index (χ1n) is 8.42. The molecule has 0 radical (unpaired) electrons. The highest BCUT2D eigenvalue weighted by Crippen LogP contribution is 2.21. The van der Waals surface area contributed by atoms with Gasteiger partial charge in [0.25, 0.3) is 11.6 Å². The van der Waals surface area contributed by atoms with Crippen LogP contribution in [0.3, 0.4) is 0 Å². The highest BCUT2D eigenvalue weighted by molar-refractivity contribution is 9.10. The second-order valence-electron chi connectivity index (χ2n) is 5.70. The third-order valence-electron chi connectivity index (χ3n) is 3.81. The van der Waals surface area contributed by atoms with E-state index in [0.717, 1.165) is 23.0 Å². The minimum atomic E-state index is -0.484. The van der Waals surface area contributed by atoms with E-state index in [-0.39, 0.29) is 11.6 Å². The standard InChI is InChI=1S/C19H21BrN2O4/c1-2-3-13-26-14-12-21(17-10-6-16(20)7-11-17)19(23)15-4-8-18(9-5-15)22(24)25/h4-11H,2-3,12-14H2,1H3. The minimum Gasteiger partial charge on any atom is -0.380 e. The van der Waals surface area contributed by atoms with E-state index in [4.69, 9.17) is 4.74 Å². The Hall–Kier alpha value is -2.25. The Kier molecular flexibility index (Phi) is 7.74. The fourth-order valence-electron chi connectivity index (χ4n) is 2.35. The molecular weight excluding hydrogens is 400 g/mol. The largest absolute Gasteiger partial charge is 0.380 e. The number of nitrogens with zero attached hydrogens (tertiary/aromatic N) is 2. The van der Waals surface area contributed by atoms with Gasteiger partial charge < -0.3 is 9.64 Å². The van der Waals surface area contributed by atoms with Crippen LogP contribution in [-0.4, -0.2) is 30.6 Å². The summed E-state index contributed by atoms with van der Waals surface area (Å²) in [7, 11) is 0. The zero-order valence-corrected chi connectivity index (χ0v) is 16.1. The molecule has 1 amide bonds. The fraction of sp³-hybridized carbons (Fsp3) is 0.316. The van der Waals surface area contributed by atoms with Gasteiger partial charge in [-0.05, 0) is 42.8 Å². The lowest BCUT2D eigenvalue weighted by Crippen LogP contribution is -2.34. The summed E-state index contributed by atoms with van der Waals surface area (Å²) in [5.74, 6) is -0.221. The summed E-state index contributed by atoms with van der Waals surface area (Å²) in [5.41, 5.74) is 1.10. The Balaban J connectivity index is 2.16. The van der Waals surface area contributed by atoms with Gasteiger partial charge in [-0.3, -0.25) is 14.9 Å². The number of halogens is 1. The first-order chi connectivity index (χ1) is 12.5. The van der Waals surface area contributed by atoms with Crippen molar-refractivity contribution in [2.75, 3.05) is 24.7 Å². The van der Waals surface area contributed by atoms with E-state index in [1.807, 2.05) is 24.3 Å². The van der Waals surface area contributed by atoms with Crippen molar-refractivity contribution in [3.05, 3.63) is 68.7 Å². The van der Waals surface area contributed by atoms with E-state index in [0.29, 0.717) is 25.3 Å². The van der Waals surface area contributed by atoms with E-state index in [9.17, 15) is 14.9 Å². The number of amides is 1. The van der Waals surface area contributed by atoms with Crippen LogP contribution in [0.1, 0.15) is 30.1 Å². The Labute approximate surface area is 161 Å². The van der Waals surface area contributed by atoms with Gasteiger partial charge in [-0.15, -0.1) is 0 Å². The van der Waals surface area contributed by atoms with Gasteiger partial charge in [-0.1, -0.05) is 29.3 Å². The van der Waals surface area contributed by atoms with Crippen LogP contribution in [0.5, 0.6) is 0 Å². The maximum absolute atomic E-state index is 12.9. The molecule has 0 unspecified atom stereocenters. The van der Waals surface area contributed by atoms with Crippen LogP contribution in [0.15, 0.2) is 53.0 Å². The van der Waals surface area contributed by atoms with Crippen molar-refractivity contribution in [1.29, 1.82) is 0 Å². The average molecular weight is 421 g/mol. The molecule has 0 aliphatic heterocycles. The molecule has 0 aliphatic carbocycles. The molecular formula is C19H21BrN2O4. The molecule has 0 spiro atoms. The Morgan fingerprint density at radius 2 is 1.77 bits per heavy atom. The van der Waals surface area contributed by atoms with E-state index in [2.05, 4.69) is 22.9 Å². The SMILES string of the molecule is CCCCOCCN(C(=O)c1ccc([N+](=O)[O-])cc1)c1ccc(Br)cc1. The molecule has 0 aromatic heterocycles. The van der Waals surface area contributed by atoms with E-state index in [1.165, 1.54) is 24.3 Å². The molecule has 0 aliphatic rings. The lowest BCUT2D eigenvalue weighted by molar-refractivity contribution is -0.384. The molecule has 0 bridgehead atoms. The maximum Gasteiger partial charge on any atom is 0.269 e. The van der Waals surface area contributed by atoms with Gasteiger partial charge in [0.05, 0.1) is 11.5 Å². The molecule has 0 saturated carbocycles. The average Bonchev–Trinajstić information content (AvgIpc) is 2.65. The number of benzene rings is 2. The van der Waals surface area contributed by atoms with Crippen LogP contribution in [0, 0.1) is 10.1 Å². The topological polar surface area (TPSA) is 72.7 Å². The van der Waals surface area contributed by atoms with Crippen molar-refractivity contribution in [3.8, 4) is 0 Å². The van der Waals surface area contributed by atoms with E-state index in [1.54, 1.807) is 4.90 Å². The maximum atomic E-state index is 12.9. The van der Waals surface area contributed by atoms with Crippen molar-refractivity contribution in [3.63, 3.8) is 0 Å². The summed E-state index contributed by atoms with van der Waals surface area (Å²) in [6.07, 6.45) is 2.03. The number of non-ortho nitro benzene ring substituents is 1. The third-order valence-corrected chi connectivity index (χ3v) is 4.34. The second-order valence-corrected chi connectivity index (χ2v) is 6.62. The summed E-state index contributed by atoms with van der Waals surface area (Å²) >= 11 is 3.39. The molecule has 2 aromatic carbocycles. The second kappa shape index (κ2) is 10.0. The number of carbonyl (C=O) groups is 1. The number of nitro benzene ring substituents is 1. The highest BCUT2D eigenvalue weighted by Gasteiger charge is 2.18. The van der Waals surface area contributed by atoms with E-state index >= 15 is 0 Å². The number of hydrogen-bond acceptors (Lipinski definition) is 4. The summed E-state index contributed by atoms with van der Waals surface area (Å²) < 4.78 is 6.51. The quantitative estimate of drug-likeness (QED) is 0.331. The van der Waals surface area contributed by atoms with Gasteiger partial charge in [0, 0.05) is 41.0 Å². The smallest absolute Gasteiger partial charge is 0.269 e. The van der Waals surface area contributed by atoms with Crippen LogP contribution in [0.2, 0.25) is 0 Å². The number of carbonyl (C=O) groups excluding carboxylic acids is 1. The number of anilines is 1.